The molecule has 0 spiro atoms. The molecule has 22 heavy (non-hydrogen) atoms. The first kappa shape index (κ1) is 13.5. The fraction of sp³-hybridized carbons (Fsp3) is 0.188. The molecule has 1 aromatic carbocycles. The predicted octanol–water partition coefficient (Wildman–Crippen LogP) is 3.28. The van der Waals surface area contributed by atoms with Crippen molar-refractivity contribution in [2.75, 3.05) is 0 Å². The van der Waals surface area contributed by atoms with Crippen LogP contribution < -0.4 is 5.32 Å². The highest BCUT2D eigenvalue weighted by molar-refractivity contribution is 9.10. The summed E-state index contributed by atoms with van der Waals surface area (Å²) in [7, 11) is 0. The van der Waals surface area contributed by atoms with Crippen molar-refractivity contribution in [1.82, 2.24) is 20.3 Å². The van der Waals surface area contributed by atoms with Crippen LogP contribution in [0.3, 0.4) is 0 Å². The average Bonchev–Trinajstić information content (AvgIpc) is 3.26. The summed E-state index contributed by atoms with van der Waals surface area (Å²) >= 11 is 3.49. The van der Waals surface area contributed by atoms with Crippen LogP contribution in [0.4, 0.5) is 0 Å². The van der Waals surface area contributed by atoms with E-state index in [1.165, 1.54) is 6.33 Å². The zero-order valence-electron chi connectivity index (χ0n) is 11.6. The molecule has 0 bridgehead atoms. The number of hydrogen-bond acceptors (Lipinski definition) is 3. The van der Waals surface area contributed by atoms with E-state index >= 15 is 0 Å². The van der Waals surface area contributed by atoms with E-state index in [1.54, 1.807) is 6.20 Å². The number of fused-ring (bicyclic) bond motifs is 1. The molecule has 2 N–H and O–H groups in total. The zero-order valence-corrected chi connectivity index (χ0v) is 13.2. The van der Waals surface area contributed by atoms with Crippen LogP contribution in [-0.2, 0) is 0 Å². The number of carbonyl (C=O) groups is 1. The van der Waals surface area contributed by atoms with Crippen LogP contribution >= 0.6 is 15.9 Å². The molecular formula is C16H13BrN4O. The van der Waals surface area contributed by atoms with Gasteiger partial charge in [0.15, 0.2) is 0 Å². The Morgan fingerprint density at radius 1 is 1.32 bits per heavy atom. The van der Waals surface area contributed by atoms with Crippen LogP contribution in [0.2, 0.25) is 0 Å². The summed E-state index contributed by atoms with van der Waals surface area (Å²) in [5, 5.41) is 4.00. The molecule has 1 fully saturated rings. The third-order valence-corrected chi connectivity index (χ3v) is 4.23. The van der Waals surface area contributed by atoms with Crippen LogP contribution in [0, 0.1) is 0 Å². The molecule has 0 radical (unpaired) electrons. The number of nitrogens with zero attached hydrogens (tertiary/aromatic N) is 2. The number of H-pyrrole nitrogens is 1. The molecule has 4 rings (SSSR count). The lowest BCUT2D eigenvalue weighted by Crippen LogP contribution is -2.26. The Hall–Kier alpha value is -2.21. The molecule has 5 nitrogen and oxygen atoms in total. The highest BCUT2D eigenvalue weighted by atomic mass is 79.9. The Bertz CT molecular complexity index is 855. The van der Waals surface area contributed by atoms with Gasteiger partial charge >= 0.3 is 0 Å². The predicted molar refractivity (Wildman–Crippen MR) is 87.5 cm³/mol. The van der Waals surface area contributed by atoms with Gasteiger partial charge in [0.2, 0.25) is 0 Å². The summed E-state index contributed by atoms with van der Waals surface area (Å²) in [5.41, 5.74) is 3.02. The van der Waals surface area contributed by atoms with Gasteiger partial charge in [0.1, 0.15) is 12.0 Å². The first-order valence-corrected chi connectivity index (χ1v) is 7.90. The van der Waals surface area contributed by atoms with Gasteiger partial charge in [-0.3, -0.25) is 4.79 Å². The van der Waals surface area contributed by atoms with E-state index in [0.29, 0.717) is 11.7 Å². The number of nitrogens with one attached hydrogen (secondary N) is 2. The Kier molecular flexibility index (Phi) is 3.18. The highest BCUT2D eigenvalue weighted by Crippen LogP contribution is 2.33. The van der Waals surface area contributed by atoms with Crippen molar-refractivity contribution in [3.8, 4) is 11.3 Å². The van der Waals surface area contributed by atoms with E-state index in [2.05, 4.69) is 36.2 Å². The number of aromatic nitrogens is 3. The van der Waals surface area contributed by atoms with Crippen LogP contribution in [-0.4, -0.2) is 26.9 Å². The number of carbonyl (C=O) groups excluding carboxylic acids is 1. The van der Waals surface area contributed by atoms with Crippen molar-refractivity contribution >= 4 is 32.7 Å². The molecule has 6 heteroatoms. The smallest absolute Gasteiger partial charge is 0.268 e. The molecule has 0 aliphatic heterocycles. The Morgan fingerprint density at radius 2 is 2.18 bits per heavy atom. The normalized spacial score (nSPS) is 14.2. The minimum atomic E-state index is -0.0802. The van der Waals surface area contributed by atoms with Crippen molar-refractivity contribution < 1.29 is 4.79 Å². The lowest BCUT2D eigenvalue weighted by atomic mass is 10.1. The molecule has 2 aromatic heterocycles. The number of halogens is 1. The minimum Gasteiger partial charge on any atom is -0.350 e. The standard InChI is InChI=1S/C16H13BrN4O/c17-9-1-4-12-11(7-9)14(13-5-6-18-8-19-13)15(21-12)16(22)20-10-2-3-10/h1,4-8,10,21H,2-3H2,(H,20,22). The second kappa shape index (κ2) is 5.21. The van der Waals surface area contributed by atoms with Crippen LogP contribution in [0.5, 0.6) is 0 Å². The molecule has 0 atom stereocenters. The van der Waals surface area contributed by atoms with Gasteiger partial charge in [-0.25, -0.2) is 9.97 Å². The largest absolute Gasteiger partial charge is 0.350 e. The maximum Gasteiger partial charge on any atom is 0.268 e. The second-order valence-corrected chi connectivity index (χ2v) is 6.32. The topological polar surface area (TPSA) is 70.7 Å². The minimum absolute atomic E-state index is 0.0802. The summed E-state index contributed by atoms with van der Waals surface area (Å²) in [6, 6.07) is 8.03. The van der Waals surface area contributed by atoms with Gasteiger partial charge in [0, 0.05) is 33.2 Å². The van der Waals surface area contributed by atoms with Crippen molar-refractivity contribution in [3.05, 3.63) is 47.0 Å². The molecule has 110 valence electrons. The molecule has 1 amide bonds. The number of rotatable bonds is 3. The van der Waals surface area contributed by atoms with E-state index in [-0.39, 0.29) is 5.91 Å². The second-order valence-electron chi connectivity index (χ2n) is 5.41. The van der Waals surface area contributed by atoms with Gasteiger partial charge in [-0.05, 0) is 37.1 Å². The Morgan fingerprint density at radius 3 is 2.91 bits per heavy atom. The van der Waals surface area contributed by atoms with Crippen molar-refractivity contribution in [2.45, 2.75) is 18.9 Å². The summed E-state index contributed by atoms with van der Waals surface area (Å²) in [4.78, 5) is 24.0. The first-order chi connectivity index (χ1) is 10.7. The fourth-order valence-corrected chi connectivity index (χ4v) is 2.89. The van der Waals surface area contributed by atoms with Gasteiger partial charge in [0.05, 0.1) is 5.69 Å². The third kappa shape index (κ3) is 2.39. The molecule has 1 aliphatic carbocycles. The average molecular weight is 357 g/mol. The van der Waals surface area contributed by atoms with Crippen LogP contribution in [0.15, 0.2) is 41.3 Å². The van der Waals surface area contributed by atoms with E-state index < -0.39 is 0 Å². The van der Waals surface area contributed by atoms with Gasteiger partial charge in [0.25, 0.3) is 5.91 Å². The van der Waals surface area contributed by atoms with Gasteiger partial charge in [-0.1, -0.05) is 15.9 Å². The quantitative estimate of drug-likeness (QED) is 0.756. The number of aromatic amines is 1. The van der Waals surface area contributed by atoms with Crippen LogP contribution in [0.25, 0.3) is 22.2 Å². The highest BCUT2D eigenvalue weighted by Gasteiger charge is 2.27. The molecule has 2 heterocycles. The Labute approximate surface area is 135 Å². The fourth-order valence-electron chi connectivity index (χ4n) is 2.52. The maximum atomic E-state index is 12.5. The molecule has 1 saturated carbocycles. The number of amides is 1. The molecule has 0 unspecified atom stereocenters. The molecule has 0 saturated heterocycles. The summed E-state index contributed by atoms with van der Waals surface area (Å²) in [6.07, 6.45) is 5.29. The van der Waals surface area contributed by atoms with Gasteiger partial charge < -0.3 is 10.3 Å². The third-order valence-electron chi connectivity index (χ3n) is 3.74. The number of benzene rings is 1. The maximum absolute atomic E-state index is 12.5. The number of hydrogen-bond donors (Lipinski definition) is 2. The van der Waals surface area contributed by atoms with E-state index in [1.807, 2.05) is 24.3 Å². The Balaban J connectivity index is 1.92. The first-order valence-electron chi connectivity index (χ1n) is 7.11. The monoisotopic (exact) mass is 356 g/mol. The van der Waals surface area contributed by atoms with Gasteiger partial charge in [-0.2, -0.15) is 0 Å². The molecule has 3 aromatic rings. The van der Waals surface area contributed by atoms with Crippen LogP contribution in [0.1, 0.15) is 23.3 Å². The summed E-state index contributed by atoms with van der Waals surface area (Å²) in [6.45, 7) is 0. The zero-order chi connectivity index (χ0) is 15.1. The van der Waals surface area contributed by atoms with Crippen molar-refractivity contribution in [2.24, 2.45) is 0 Å². The lowest BCUT2D eigenvalue weighted by Gasteiger charge is -2.05. The van der Waals surface area contributed by atoms with Crippen molar-refractivity contribution in [3.63, 3.8) is 0 Å². The van der Waals surface area contributed by atoms with E-state index in [0.717, 1.165) is 39.5 Å². The van der Waals surface area contributed by atoms with Gasteiger partial charge in [-0.15, -0.1) is 0 Å². The SMILES string of the molecule is O=C(NC1CC1)c1[nH]c2ccc(Br)cc2c1-c1ccncn1. The van der Waals surface area contributed by atoms with E-state index in [4.69, 9.17) is 0 Å². The summed E-state index contributed by atoms with van der Waals surface area (Å²) < 4.78 is 0.962. The van der Waals surface area contributed by atoms with Crippen molar-refractivity contribution in [1.29, 1.82) is 0 Å². The van der Waals surface area contributed by atoms with E-state index in [9.17, 15) is 4.79 Å². The molecular weight excluding hydrogens is 344 g/mol. The molecule has 1 aliphatic rings. The summed E-state index contributed by atoms with van der Waals surface area (Å²) in [5.74, 6) is -0.0802. The lowest BCUT2D eigenvalue weighted by molar-refractivity contribution is 0.0947.